The number of pyridine rings is 1. The summed E-state index contributed by atoms with van der Waals surface area (Å²) in [6.07, 6.45) is 3.34. The lowest BCUT2D eigenvalue weighted by atomic mass is 10.0. The van der Waals surface area contributed by atoms with Gasteiger partial charge in [0.2, 0.25) is 0 Å². The van der Waals surface area contributed by atoms with E-state index >= 15 is 0 Å². The summed E-state index contributed by atoms with van der Waals surface area (Å²) in [4.78, 5) is 17.4. The number of carboxylic acid groups (broad SMARTS) is 1. The van der Waals surface area contributed by atoms with E-state index in [0.29, 0.717) is 16.8 Å². The Morgan fingerprint density at radius 1 is 1.61 bits per heavy atom. The van der Waals surface area contributed by atoms with Gasteiger partial charge < -0.3 is 10.0 Å². The first-order valence-corrected chi connectivity index (χ1v) is 6.34. The molecule has 0 aromatic carbocycles. The van der Waals surface area contributed by atoms with Gasteiger partial charge in [-0.25, -0.2) is 9.78 Å². The molecule has 98 valence electrons. The molecule has 1 rings (SSSR count). The zero-order valence-corrected chi connectivity index (χ0v) is 12.4. The van der Waals surface area contributed by atoms with Crippen molar-refractivity contribution in [3.05, 3.63) is 35.0 Å². The first-order chi connectivity index (χ1) is 8.27. The van der Waals surface area contributed by atoms with Crippen molar-refractivity contribution in [1.29, 1.82) is 0 Å². The fourth-order valence-electron chi connectivity index (χ4n) is 1.61. The van der Waals surface area contributed by atoms with Gasteiger partial charge in [0.15, 0.2) is 0 Å². The Morgan fingerprint density at radius 3 is 2.67 bits per heavy atom. The zero-order chi connectivity index (χ0) is 13.9. The third kappa shape index (κ3) is 3.32. The molecule has 0 saturated heterocycles. The number of carboxylic acids is 1. The summed E-state index contributed by atoms with van der Waals surface area (Å²) in [5.74, 6) is -0.532. The molecular formula is C13H17BrN2O2. The lowest BCUT2D eigenvalue weighted by molar-refractivity contribution is 0.0697. The molecule has 1 aromatic rings. The molecule has 0 saturated carbocycles. The lowest BCUT2D eigenvalue weighted by Crippen LogP contribution is -2.43. The molecule has 1 aromatic heterocycles. The number of hydrogen-bond acceptors (Lipinski definition) is 3. The van der Waals surface area contributed by atoms with Gasteiger partial charge in [-0.1, -0.05) is 6.08 Å². The number of rotatable bonds is 4. The van der Waals surface area contributed by atoms with Gasteiger partial charge in [0.1, 0.15) is 11.4 Å². The molecule has 1 N–H and O–H groups in total. The van der Waals surface area contributed by atoms with E-state index in [-0.39, 0.29) is 11.1 Å². The maximum atomic E-state index is 11.3. The second-order valence-electron chi connectivity index (χ2n) is 4.90. The summed E-state index contributed by atoms with van der Waals surface area (Å²) >= 11 is 3.24. The Balaban J connectivity index is 3.36. The molecule has 0 amide bonds. The highest BCUT2D eigenvalue weighted by Crippen LogP contribution is 2.27. The Bertz CT molecular complexity index is 467. The summed E-state index contributed by atoms with van der Waals surface area (Å²) < 4.78 is 0.649. The molecule has 0 aliphatic heterocycles. The van der Waals surface area contributed by atoms with Crippen molar-refractivity contribution < 1.29 is 9.90 Å². The van der Waals surface area contributed by atoms with E-state index in [2.05, 4.69) is 27.5 Å². The molecule has 0 radical (unpaired) electrons. The van der Waals surface area contributed by atoms with Gasteiger partial charge >= 0.3 is 5.97 Å². The van der Waals surface area contributed by atoms with Gasteiger partial charge in [0.05, 0.1) is 0 Å². The number of anilines is 1. The largest absolute Gasteiger partial charge is 0.478 e. The van der Waals surface area contributed by atoms with Crippen LogP contribution in [0.3, 0.4) is 0 Å². The predicted molar refractivity (Wildman–Crippen MR) is 76.2 cm³/mol. The van der Waals surface area contributed by atoms with Crippen LogP contribution in [0.1, 0.15) is 31.1 Å². The van der Waals surface area contributed by atoms with Crippen LogP contribution >= 0.6 is 15.9 Å². The summed E-state index contributed by atoms with van der Waals surface area (Å²) in [5, 5.41) is 9.26. The smallest absolute Gasteiger partial charge is 0.339 e. The van der Waals surface area contributed by atoms with E-state index in [0.717, 1.165) is 0 Å². The minimum atomic E-state index is -0.989. The molecule has 4 nitrogen and oxygen atoms in total. The highest BCUT2D eigenvalue weighted by Gasteiger charge is 2.26. The molecule has 0 unspecified atom stereocenters. The monoisotopic (exact) mass is 312 g/mol. The van der Waals surface area contributed by atoms with Crippen LogP contribution in [0.15, 0.2) is 29.4 Å². The summed E-state index contributed by atoms with van der Waals surface area (Å²) in [7, 11) is 0. The molecule has 1 heterocycles. The molecule has 0 spiro atoms. The molecule has 0 atom stereocenters. The number of halogens is 1. The van der Waals surface area contributed by atoms with Crippen molar-refractivity contribution in [2.45, 2.75) is 26.3 Å². The SMILES string of the molecule is C=CCN(c1ncc(Br)cc1C(=O)O)C(C)(C)C. The molecule has 0 bridgehead atoms. The minimum absolute atomic E-state index is 0.182. The van der Waals surface area contributed by atoms with Crippen molar-refractivity contribution in [2.24, 2.45) is 0 Å². The van der Waals surface area contributed by atoms with E-state index in [4.69, 9.17) is 0 Å². The zero-order valence-electron chi connectivity index (χ0n) is 10.8. The third-order valence-electron chi connectivity index (χ3n) is 2.44. The van der Waals surface area contributed by atoms with Crippen molar-refractivity contribution in [3.8, 4) is 0 Å². The molecular weight excluding hydrogens is 296 g/mol. The third-order valence-corrected chi connectivity index (χ3v) is 2.87. The summed E-state index contributed by atoms with van der Waals surface area (Å²) in [6.45, 7) is 10.3. The van der Waals surface area contributed by atoms with Crippen molar-refractivity contribution in [1.82, 2.24) is 4.98 Å². The summed E-state index contributed by atoms with van der Waals surface area (Å²) in [6, 6.07) is 1.56. The number of aromatic carboxylic acids is 1. The minimum Gasteiger partial charge on any atom is -0.478 e. The summed E-state index contributed by atoms with van der Waals surface area (Å²) in [5.41, 5.74) is -0.0553. The van der Waals surface area contributed by atoms with Crippen LogP contribution in [0.25, 0.3) is 0 Å². The van der Waals surface area contributed by atoms with E-state index in [1.54, 1.807) is 18.3 Å². The van der Waals surface area contributed by atoms with Gasteiger partial charge in [-0.2, -0.15) is 0 Å². The maximum absolute atomic E-state index is 11.3. The standard InChI is InChI=1S/C13H17BrN2O2/c1-5-6-16(13(2,3)4)11-10(12(17)18)7-9(14)8-15-11/h5,7-8H,1,6H2,2-4H3,(H,17,18). The highest BCUT2D eigenvalue weighted by molar-refractivity contribution is 9.10. The molecule has 0 aliphatic carbocycles. The molecule has 5 heteroatoms. The van der Waals surface area contributed by atoms with E-state index in [1.807, 2.05) is 25.7 Å². The topological polar surface area (TPSA) is 53.4 Å². The average Bonchev–Trinajstić information content (AvgIpc) is 2.24. The van der Waals surface area contributed by atoms with Gasteiger partial charge in [0.25, 0.3) is 0 Å². The average molecular weight is 313 g/mol. The number of hydrogen-bond donors (Lipinski definition) is 1. The van der Waals surface area contributed by atoms with Gasteiger partial charge in [-0.15, -0.1) is 6.58 Å². The van der Waals surface area contributed by atoms with E-state index in [1.165, 1.54) is 0 Å². The molecule has 0 fully saturated rings. The Hall–Kier alpha value is -1.36. The second-order valence-corrected chi connectivity index (χ2v) is 5.82. The molecule has 18 heavy (non-hydrogen) atoms. The van der Waals surface area contributed by atoms with E-state index < -0.39 is 5.97 Å². The quantitative estimate of drug-likeness (QED) is 0.866. The van der Waals surface area contributed by atoms with Crippen molar-refractivity contribution in [2.75, 3.05) is 11.4 Å². The van der Waals surface area contributed by atoms with Gasteiger partial charge in [-0.3, -0.25) is 0 Å². The van der Waals surface area contributed by atoms with Crippen LogP contribution in [-0.2, 0) is 0 Å². The van der Waals surface area contributed by atoms with Crippen LogP contribution in [0.2, 0.25) is 0 Å². The fourth-order valence-corrected chi connectivity index (χ4v) is 1.94. The lowest BCUT2D eigenvalue weighted by Gasteiger charge is -2.36. The second kappa shape index (κ2) is 5.52. The van der Waals surface area contributed by atoms with Gasteiger partial charge in [0, 0.05) is 22.8 Å². The predicted octanol–water partition coefficient (Wildman–Crippen LogP) is 3.33. The number of aromatic nitrogens is 1. The Labute approximate surface area is 115 Å². The number of carbonyl (C=O) groups is 1. The van der Waals surface area contributed by atoms with E-state index in [9.17, 15) is 9.90 Å². The van der Waals surface area contributed by atoms with Crippen LogP contribution in [-0.4, -0.2) is 28.1 Å². The molecule has 0 aliphatic rings. The maximum Gasteiger partial charge on any atom is 0.339 e. The highest BCUT2D eigenvalue weighted by atomic mass is 79.9. The first-order valence-electron chi connectivity index (χ1n) is 5.54. The van der Waals surface area contributed by atoms with Crippen molar-refractivity contribution >= 4 is 27.7 Å². The normalized spacial score (nSPS) is 11.1. The van der Waals surface area contributed by atoms with Gasteiger partial charge in [-0.05, 0) is 42.8 Å². The number of nitrogens with zero attached hydrogens (tertiary/aromatic N) is 2. The fraction of sp³-hybridized carbons (Fsp3) is 0.385. The Kier molecular flexibility index (Phi) is 4.51. The Morgan fingerprint density at radius 2 is 2.22 bits per heavy atom. The first kappa shape index (κ1) is 14.7. The van der Waals surface area contributed by atoms with Crippen LogP contribution in [0, 0.1) is 0 Å². The van der Waals surface area contributed by atoms with Crippen LogP contribution < -0.4 is 4.90 Å². The van der Waals surface area contributed by atoms with Crippen LogP contribution in [0.4, 0.5) is 5.82 Å². The van der Waals surface area contributed by atoms with Crippen molar-refractivity contribution in [3.63, 3.8) is 0 Å². The van der Waals surface area contributed by atoms with Crippen LogP contribution in [0.5, 0.6) is 0 Å².